The Balaban J connectivity index is 1.82. The third-order valence-corrected chi connectivity index (χ3v) is 4.72. The summed E-state index contributed by atoms with van der Waals surface area (Å²) in [5, 5.41) is 13.8. The molecule has 2 aromatic carbocycles. The molecule has 0 saturated carbocycles. The molecule has 0 fully saturated rings. The number of aryl methyl sites for hydroxylation is 1. The van der Waals surface area contributed by atoms with Crippen molar-refractivity contribution in [3.05, 3.63) is 59.3 Å². The van der Waals surface area contributed by atoms with E-state index >= 15 is 0 Å². The molecule has 0 atom stereocenters. The predicted octanol–water partition coefficient (Wildman–Crippen LogP) is 3.63. The summed E-state index contributed by atoms with van der Waals surface area (Å²) in [5.74, 6) is 0. The number of rotatable bonds is 1. The molecule has 0 radical (unpaired) electrons. The van der Waals surface area contributed by atoms with E-state index in [4.69, 9.17) is 5.26 Å². The van der Waals surface area contributed by atoms with Crippen molar-refractivity contribution in [3.63, 3.8) is 0 Å². The fourth-order valence-electron chi connectivity index (χ4n) is 3.56. The second-order valence-corrected chi connectivity index (χ2v) is 6.20. The van der Waals surface area contributed by atoms with Crippen LogP contribution in [0.3, 0.4) is 0 Å². The zero-order valence-electron chi connectivity index (χ0n) is 13.3. The molecular formula is C20H19N3. The first kappa shape index (κ1) is 14.0. The second kappa shape index (κ2) is 5.57. The fraction of sp³-hybridized carbons (Fsp3) is 0.250. The van der Waals surface area contributed by atoms with Gasteiger partial charge in [-0.15, -0.1) is 0 Å². The lowest BCUT2D eigenvalue weighted by molar-refractivity contribution is 0.658. The number of nitrogens with zero attached hydrogens (tertiary/aromatic N) is 2. The van der Waals surface area contributed by atoms with E-state index in [-0.39, 0.29) is 0 Å². The Morgan fingerprint density at radius 3 is 2.83 bits per heavy atom. The zero-order valence-corrected chi connectivity index (χ0v) is 13.3. The highest BCUT2D eigenvalue weighted by atomic mass is 15.0. The van der Waals surface area contributed by atoms with Crippen LogP contribution in [0.2, 0.25) is 0 Å². The molecule has 0 aliphatic carbocycles. The van der Waals surface area contributed by atoms with Crippen molar-refractivity contribution in [1.29, 1.82) is 5.26 Å². The minimum Gasteiger partial charge on any atom is -0.343 e. The highest BCUT2D eigenvalue weighted by Crippen LogP contribution is 2.29. The highest BCUT2D eigenvalue weighted by molar-refractivity contribution is 5.87. The van der Waals surface area contributed by atoms with Crippen LogP contribution >= 0.6 is 0 Å². The van der Waals surface area contributed by atoms with Crippen LogP contribution in [0.1, 0.15) is 16.8 Å². The van der Waals surface area contributed by atoms with E-state index in [1.54, 1.807) is 0 Å². The monoisotopic (exact) mass is 301 g/mol. The Labute approximate surface area is 136 Å². The number of nitrogens with one attached hydrogen (secondary N) is 1. The van der Waals surface area contributed by atoms with Gasteiger partial charge < -0.3 is 9.88 Å². The van der Waals surface area contributed by atoms with Gasteiger partial charge in [-0.25, -0.2) is 0 Å². The summed E-state index contributed by atoms with van der Waals surface area (Å²) in [6.07, 6.45) is 1.08. The van der Waals surface area contributed by atoms with Crippen LogP contribution in [-0.2, 0) is 13.0 Å². The minimum atomic E-state index is 0.718. The average Bonchev–Trinajstić information content (AvgIpc) is 2.75. The van der Waals surface area contributed by atoms with E-state index in [0.29, 0.717) is 0 Å². The third-order valence-electron chi connectivity index (χ3n) is 4.72. The maximum atomic E-state index is 9.02. The van der Waals surface area contributed by atoms with Crippen LogP contribution in [0.4, 0.5) is 0 Å². The van der Waals surface area contributed by atoms with Crippen molar-refractivity contribution in [2.24, 2.45) is 0 Å². The van der Waals surface area contributed by atoms with Gasteiger partial charge in [-0.1, -0.05) is 12.1 Å². The van der Waals surface area contributed by atoms with Gasteiger partial charge in [0, 0.05) is 42.7 Å². The summed E-state index contributed by atoms with van der Waals surface area (Å²) in [6.45, 7) is 5.19. The van der Waals surface area contributed by atoms with Crippen molar-refractivity contribution in [3.8, 4) is 17.2 Å². The molecule has 3 nitrogen and oxygen atoms in total. The van der Waals surface area contributed by atoms with E-state index in [1.165, 1.54) is 27.7 Å². The second-order valence-electron chi connectivity index (χ2n) is 6.20. The van der Waals surface area contributed by atoms with Crippen molar-refractivity contribution in [2.75, 3.05) is 13.1 Å². The van der Waals surface area contributed by atoms with Crippen LogP contribution in [0, 0.1) is 18.3 Å². The number of nitriles is 1. The Morgan fingerprint density at radius 1 is 1.09 bits per heavy atom. The van der Waals surface area contributed by atoms with E-state index in [1.807, 2.05) is 12.1 Å². The molecule has 1 aliphatic heterocycles. The fourth-order valence-corrected chi connectivity index (χ4v) is 3.56. The van der Waals surface area contributed by atoms with E-state index in [9.17, 15) is 0 Å². The van der Waals surface area contributed by atoms with E-state index in [2.05, 4.69) is 53.2 Å². The molecule has 2 heterocycles. The van der Waals surface area contributed by atoms with Gasteiger partial charge in [-0.05, 0) is 53.9 Å². The standard InChI is InChI=1S/C20H19N3/c1-14-10-15(13-21)2-4-19(14)16-3-5-20-17(11-16)12-18-6-7-22-8-9-23(18)20/h2-5,10-12,22H,6-9H2,1H3. The minimum absolute atomic E-state index is 0.718. The van der Waals surface area contributed by atoms with Gasteiger partial charge >= 0.3 is 0 Å². The average molecular weight is 301 g/mol. The smallest absolute Gasteiger partial charge is 0.0991 e. The molecule has 0 unspecified atom stereocenters. The van der Waals surface area contributed by atoms with E-state index in [0.717, 1.165) is 37.2 Å². The third kappa shape index (κ3) is 2.42. The quantitative estimate of drug-likeness (QED) is 0.745. The predicted molar refractivity (Wildman–Crippen MR) is 93.4 cm³/mol. The Morgan fingerprint density at radius 2 is 2.00 bits per heavy atom. The van der Waals surface area contributed by atoms with Crippen molar-refractivity contribution < 1.29 is 0 Å². The molecule has 23 heavy (non-hydrogen) atoms. The van der Waals surface area contributed by atoms with Gasteiger partial charge in [0.25, 0.3) is 0 Å². The van der Waals surface area contributed by atoms with Crippen molar-refractivity contribution >= 4 is 10.9 Å². The first-order chi connectivity index (χ1) is 11.3. The molecule has 114 valence electrons. The number of hydrogen-bond acceptors (Lipinski definition) is 2. The Kier molecular flexibility index (Phi) is 3.40. The molecule has 1 aromatic heterocycles. The maximum Gasteiger partial charge on any atom is 0.0991 e. The highest BCUT2D eigenvalue weighted by Gasteiger charge is 2.12. The van der Waals surface area contributed by atoms with Gasteiger partial charge in [-0.3, -0.25) is 0 Å². The number of hydrogen-bond donors (Lipinski definition) is 1. The summed E-state index contributed by atoms with van der Waals surface area (Å²) >= 11 is 0. The molecule has 0 amide bonds. The van der Waals surface area contributed by atoms with Crippen LogP contribution < -0.4 is 5.32 Å². The normalized spacial score (nSPS) is 14.3. The van der Waals surface area contributed by atoms with Crippen LogP contribution in [0.15, 0.2) is 42.5 Å². The molecule has 3 heteroatoms. The lowest BCUT2D eigenvalue weighted by Gasteiger charge is -2.09. The lowest BCUT2D eigenvalue weighted by atomic mass is 9.98. The topological polar surface area (TPSA) is 40.8 Å². The number of benzene rings is 2. The molecular weight excluding hydrogens is 282 g/mol. The van der Waals surface area contributed by atoms with Crippen LogP contribution in [-0.4, -0.2) is 17.7 Å². The molecule has 1 aliphatic rings. The molecule has 0 saturated heterocycles. The van der Waals surface area contributed by atoms with E-state index < -0.39 is 0 Å². The first-order valence-electron chi connectivity index (χ1n) is 8.10. The van der Waals surface area contributed by atoms with Gasteiger partial charge in [0.1, 0.15) is 0 Å². The van der Waals surface area contributed by atoms with Gasteiger partial charge in [-0.2, -0.15) is 5.26 Å². The Hall–Kier alpha value is -2.57. The lowest BCUT2D eigenvalue weighted by Crippen LogP contribution is -2.17. The van der Waals surface area contributed by atoms with Crippen LogP contribution in [0.25, 0.3) is 22.0 Å². The van der Waals surface area contributed by atoms with Crippen molar-refractivity contribution in [1.82, 2.24) is 9.88 Å². The number of aromatic nitrogens is 1. The maximum absolute atomic E-state index is 9.02. The summed E-state index contributed by atoms with van der Waals surface area (Å²) in [4.78, 5) is 0. The van der Waals surface area contributed by atoms with Gasteiger partial charge in [0.2, 0.25) is 0 Å². The molecule has 0 bridgehead atoms. The zero-order chi connectivity index (χ0) is 15.8. The summed E-state index contributed by atoms with van der Waals surface area (Å²) < 4.78 is 2.44. The summed E-state index contributed by atoms with van der Waals surface area (Å²) in [5.41, 5.74) is 7.02. The van der Waals surface area contributed by atoms with Gasteiger partial charge in [0.15, 0.2) is 0 Å². The van der Waals surface area contributed by atoms with Crippen LogP contribution in [0.5, 0.6) is 0 Å². The molecule has 1 N–H and O–H groups in total. The molecule has 3 aromatic rings. The summed E-state index contributed by atoms with van der Waals surface area (Å²) in [7, 11) is 0. The Bertz CT molecular complexity index is 928. The number of fused-ring (bicyclic) bond motifs is 3. The van der Waals surface area contributed by atoms with Gasteiger partial charge in [0.05, 0.1) is 11.6 Å². The van der Waals surface area contributed by atoms with Crippen molar-refractivity contribution in [2.45, 2.75) is 19.9 Å². The first-order valence-corrected chi connectivity index (χ1v) is 8.10. The SMILES string of the molecule is Cc1cc(C#N)ccc1-c1ccc2c(c1)cc1n2CCNCC1. The largest absolute Gasteiger partial charge is 0.343 e. The summed E-state index contributed by atoms with van der Waals surface area (Å²) in [6, 6.07) is 17.1. The molecule has 4 rings (SSSR count). The molecule has 0 spiro atoms.